The van der Waals surface area contributed by atoms with Gasteiger partial charge in [-0.1, -0.05) is 13.8 Å². The maximum Gasteiger partial charge on any atom is 0.128 e. The molecule has 0 unspecified atom stereocenters. The highest BCUT2D eigenvalue weighted by molar-refractivity contribution is 9.10. The Morgan fingerprint density at radius 2 is 2.07 bits per heavy atom. The van der Waals surface area contributed by atoms with E-state index in [4.69, 9.17) is 0 Å². The van der Waals surface area contributed by atoms with Gasteiger partial charge in [-0.3, -0.25) is 0 Å². The van der Waals surface area contributed by atoms with Crippen molar-refractivity contribution in [3.8, 4) is 0 Å². The quantitative estimate of drug-likeness (QED) is 0.819. The molecule has 1 aromatic heterocycles. The maximum absolute atomic E-state index is 4.57. The molecule has 1 aromatic rings. The third-order valence-electron chi connectivity index (χ3n) is 3.18. The highest BCUT2D eigenvalue weighted by atomic mass is 79.9. The summed E-state index contributed by atoms with van der Waals surface area (Å²) >= 11 is 3.47. The summed E-state index contributed by atoms with van der Waals surface area (Å²) in [7, 11) is 0. The molecule has 0 radical (unpaired) electrons. The molecule has 0 spiro atoms. The largest absolute Gasteiger partial charge is 0.356 e. The van der Waals surface area contributed by atoms with Crippen LogP contribution in [-0.2, 0) is 0 Å². The lowest BCUT2D eigenvalue weighted by molar-refractivity contribution is 0.308. The zero-order chi connectivity index (χ0) is 11.0. The van der Waals surface area contributed by atoms with E-state index in [1.165, 1.54) is 0 Å². The summed E-state index contributed by atoms with van der Waals surface area (Å²) in [5, 5.41) is 0. The topological polar surface area (TPSA) is 16.1 Å². The molecule has 0 amide bonds. The van der Waals surface area contributed by atoms with E-state index in [2.05, 4.69) is 51.8 Å². The molecule has 0 N–H and O–H groups in total. The van der Waals surface area contributed by atoms with E-state index in [1.807, 2.05) is 6.92 Å². The van der Waals surface area contributed by atoms with Crippen molar-refractivity contribution in [2.75, 3.05) is 18.0 Å². The van der Waals surface area contributed by atoms with Crippen LogP contribution in [0.5, 0.6) is 0 Å². The predicted molar refractivity (Wildman–Crippen MR) is 67.2 cm³/mol. The number of halogens is 1. The first-order valence-electron chi connectivity index (χ1n) is 5.46. The summed E-state index contributed by atoms with van der Waals surface area (Å²) in [5.41, 5.74) is 1.07. The second kappa shape index (κ2) is 4.12. The number of hydrogen-bond acceptors (Lipinski definition) is 2. The average molecular weight is 269 g/mol. The third kappa shape index (κ3) is 2.17. The fraction of sp³-hybridized carbons (Fsp3) is 0.583. The van der Waals surface area contributed by atoms with Crippen molar-refractivity contribution < 1.29 is 0 Å². The van der Waals surface area contributed by atoms with Crippen molar-refractivity contribution in [3.63, 3.8) is 0 Å². The molecule has 0 atom stereocenters. The number of aromatic nitrogens is 1. The normalized spacial score (nSPS) is 17.0. The molecule has 2 heterocycles. The summed E-state index contributed by atoms with van der Waals surface area (Å²) in [6.07, 6.45) is 0. The van der Waals surface area contributed by atoms with Crippen LogP contribution in [0.2, 0.25) is 0 Å². The van der Waals surface area contributed by atoms with Crippen LogP contribution in [0.3, 0.4) is 0 Å². The summed E-state index contributed by atoms with van der Waals surface area (Å²) in [6, 6.07) is 4.17. The molecule has 3 heteroatoms. The Labute approximate surface area is 99.8 Å². The first kappa shape index (κ1) is 10.9. The van der Waals surface area contributed by atoms with Crippen molar-refractivity contribution >= 4 is 21.7 Å². The van der Waals surface area contributed by atoms with Crippen LogP contribution in [0.1, 0.15) is 19.5 Å². The van der Waals surface area contributed by atoms with Crippen molar-refractivity contribution in [2.45, 2.75) is 20.8 Å². The first-order chi connectivity index (χ1) is 7.08. The molecular formula is C12H17BrN2. The van der Waals surface area contributed by atoms with Crippen molar-refractivity contribution in [2.24, 2.45) is 11.8 Å². The number of pyridine rings is 1. The third-order valence-corrected chi connectivity index (χ3v) is 4.02. The van der Waals surface area contributed by atoms with E-state index in [-0.39, 0.29) is 0 Å². The monoisotopic (exact) mass is 268 g/mol. The van der Waals surface area contributed by atoms with Crippen LogP contribution in [0.15, 0.2) is 16.6 Å². The second-order valence-corrected chi connectivity index (χ2v) is 5.50. The van der Waals surface area contributed by atoms with Crippen LogP contribution in [0.25, 0.3) is 0 Å². The summed E-state index contributed by atoms with van der Waals surface area (Å²) < 4.78 is 1.09. The molecule has 0 saturated carbocycles. The number of rotatable bonds is 2. The van der Waals surface area contributed by atoms with Gasteiger partial charge in [0.15, 0.2) is 0 Å². The molecule has 0 bridgehead atoms. The Morgan fingerprint density at radius 3 is 2.60 bits per heavy atom. The standard InChI is InChI=1S/C12H17BrN2/c1-8(2)10-6-15(7-10)12-5-4-11(13)9(3)14-12/h4-5,8,10H,6-7H2,1-3H3. The average Bonchev–Trinajstić information content (AvgIpc) is 2.08. The molecule has 0 aliphatic carbocycles. The molecule has 1 aliphatic rings. The molecule has 0 aromatic carbocycles. The lowest BCUT2D eigenvalue weighted by Gasteiger charge is -2.42. The smallest absolute Gasteiger partial charge is 0.128 e. The van der Waals surface area contributed by atoms with Gasteiger partial charge in [-0.05, 0) is 46.8 Å². The van der Waals surface area contributed by atoms with E-state index in [0.29, 0.717) is 0 Å². The van der Waals surface area contributed by atoms with E-state index in [9.17, 15) is 0 Å². The SMILES string of the molecule is Cc1nc(N2CC(C(C)C)C2)ccc1Br. The summed E-state index contributed by atoms with van der Waals surface area (Å²) in [5.74, 6) is 2.75. The van der Waals surface area contributed by atoms with Gasteiger partial charge in [-0.2, -0.15) is 0 Å². The summed E-state index contributed by atoms with van der Waals surface area (Å²) in [6.45, 7) is 8.94. The van der Waals surface area contributed by atoms with Gasteiger partial charge in [0.1, 0.15) is 5.82 Å². The molecule has 82 valence electrons. The minimum atomic E-state index is 0.790. The molecule has 2 rings (SSSR count). The van der Waals surface area contributed by atoms with Crippen molar-refractivity contribution in [1.29, 1.82) is 0 Å². The molecule has 2 nitrogen and oxygen atoms in total. The summed E-state index contributed by atoms with van der Waals surface area (Å²) in [4.78, 5) is 6.92. The van der Waals surface area contributed by atoms with Crippen LogP contribution < -0.4 is 4.90 Å². The number of hydrogen-bond donors (Lipinski definition) is 0. The lowest BCUT2D eigenvalue weighted by atomic mass is 9.88. The Hall–Kier alpha value is -0.570. The van der Waals surface area contributed by atoms with Gasteiger partial charge < -0.3 is 4.90 Å². The van der Waals surface area contributed by atoms with Crippen LogP contribution >= 0.6 is 15.9 Å². The van der Waals surface area contributed by atoms with Gasteiger partial charge >= 0.3 is 0 Å². The highest BCUT2D eigenvalue weighted by Gasteiger charge is 2.29. The van der Waals surface area contributed by atoms with Gasteiger partial charge in [0.05, 0.1) is 5.69 Å². The van der Waals surface area contributed by atoms with Gasteiger partial charge in [0, 0.05) is 17.6 Å². The minimum Gasteiger partial charge on any atom is -0.356 e. The van der Waals surface area contributed by atoms with Crippen LogP contribution in [0.4, 0.5) is 5.82 Å². The minimum absolute atomic E-state index is 0.790. The molecule has 15 heavy (non-hydrogen) atoms. The van der Waals surface area contributed by atoms with Gasteiger partial charge in [-0.25, -0.2) is 4.98 Å². The Morgan fingerprint density at radius 1 is 1.40 bits per heavy atom. The fourth-order valence-corrected chi connectivity index (χ4v) is 2.05. The first-order valence-corrected chi connectivity index (χ1v) is 6.25. The van der Waals surface area contributed by atoms with Gasteiger partial charge in [-0.15, -0.1) is 0 Å². The maximum atomic E-state index is 4.57. The van der Waals surface area contributed by atoms with E-state index in [0.717, 1.165) is 40.9 Å². The Kier molecular flexibility index (Phi) is 3.01. The van der Waals surface area contributed by atoms with Crippen molar-refractivity contribution in [3.05, 3.63) is 22.3 Å². The molecular weight excluding hydrogens is 252 g/mol. The van der Waals surface area contributed by atoms with Gasteiger partial charge in [0.25, 0.3) is 0 Å². The molecule has 1 fully saturated rings. The van der Waals surface area contributed by atoms with E-state index in [1.54, 1.807) is 0 Å². The molecule has 1 aliphatic heterocycles. The van der Waals surface area contributed by atoms with E-state index >= 15 is 0 Å². The highest BCUT2D eigenvalue weighted by Crippen LogP contribution is 2.29. The second-order valence-electron chi connectivity index (χ2n) is 4.65. The van der Waals surface area contributed by atoms with Gasteiger partial charge in [0.2, 0.25) is 0 Å². The Balaban J connectivity index is 2.04. The predicted octanol–water partition coefficient (Wildman–Crippen LogP) is 3.24. The zero-order valence-corrected chi connectivity index (χ0v) is 11.1. The lowest BCUT2D eigenvalue weighted by Crippen LogP contribution is -2.49. The fourth-order valence-electron chi connectivity index (χ4n) is 1.83. The van der Waals surface area contributed by atoms with E-state index < -0.39 is 0 Å². The zero-order valence-electron chi connectivity index (χ0n) is 9.50. The Bertz CT molecular complexity index is 357. The van der Waals surface area contributed by atoms with Crippen LogP contribution in [-0.4, -0.2) is 18.1 Å². The number of nitrogens with zero attached hydrogens (tertiary/aromatic N) is 2. The number of aryl methyl sites for hydroxylation is 1. The molecule has 1 saturated heterocycles. The van der Waals surface area contributed by atoms with Crippen molar-refractivity contribution in [1.82, 2.24) is 4.98 Å². The van der Waals surface area contributed by atoms with Crippen LogP contribution in [0, 0.1) is 18.8 Å². The number of anilines is 1.